The van der Waals surface area contributed by atoms with E-state index in [0.717, 1.165) is 16.8 Å². The number of hydrogen-bond donors (Lipinski definition) is 1. The number of nitrogens with zero attached hydrogens (tertiary/aromatic N) is 1. The first-order valence-corrected chi connectivity index (χ1v) is 9.06. The Hall–Kier alpha value is -2.95. The average Bonchev–Trinajstić information content (AvgIpc) is 2.64. The van der Waals surface area contributed by atoms with Crippen LogP contribution in [0.2, 0.25) is 0 Å². The van der Waals surface area contributed by atoms with Crippen LogP contribution in [0.3, 0.4) is 0 Å². The second-order valence-electron chi connectivity index (χ2n) is 7.63. The van der Waals surface area contributed by atoms with E-state index < -0.39 is 0 Å². The van der Waals surface area contributed by atoms with Gasteiger partial charge in [-0.2, -0.15) is 5.10 Å². The Bertz CT molecular complexity index is 840. The molecule has 2 aromatic rings. The molecule has 140 valence electrons. The van der Waals surface area contributed by atoms with E-state index >= 15 is 0 Å². The molecule has 0 aliphatic heterocycles. The van der Waals surface area contributed by atoms with Gasteiger partial charge < -0.3 is 4.74 Å². The van der Waals surface area contributed by atoms with Gasteiger partial charge in [-0.15, -0.1) is 0 Å². The van der Waals surface area contributed by atoms with Gasteiger partial charge in [-0.1, -0.05) is 56.3 Å². The second kappa shape index (κ2) is 8.16. The van der Waals surface area contributed by atoms with Crippen LogP contribution in [0.1, 0.15) is 33.1 Å². The van der Waals surface area contributed by atoms with Crippen molar-refractivity contribution in [3.63, 3.8) is 0 Å². The molecule has 1 fully saturated rings. The van der Waals surface area contributed by atoms with Gasteiger partial charge in [0.05, 0.1) is 0 Å². The van der Waals surface area contributed by atoms with E-state index in [0.29, 0.717) is 25.0 Å². The summed E-state index contributed by atoms with van der Waals surface area (Å²) in [4.78, 5) is 23.7. The van der Waals surface area contributed by atoms with Crippen LogP contribution in [0, 0.1) is 5.41 Å². The summed E-state index contributed by atoms with van der Waals surface area (Å²) in [6.45, 7) is 3.94. The molecule has 27 heavy (non-hydrogen) atoms. The molecular weight excluding hydrogens is 340 g/mol. The number of hydrogen-bond acceptors (Lipinski definition) is 4. The highest BCUT2D eigenvalue weighted by Crippen LogP contribution is 2.31. The lowest BCUT2D eigenvalue weighted by atomic mass is 9.76. The first-order valence-electron chi connectivity index (χ1n) is 9.06. The molecule has 0 aromatic heterocycles. The number of hydrazone groups is 1. The third-order valence-corrected chi connectivity index (χ3v) is 4.43. The van der Waals surface area contributed by atoms with Crippen molar-refractivity contribution < 1.29 is 14.3 Å². The summed E-state index contributed by atoms with van der Waals surface area (Å²) < 4.78 is 5.51. The lowest BCUT2D eigenvalue weighted by molar-refractivity contribution is -0.123. The third kappa shape index (κ3) is 5.51. The first kappa shape index (κ1) is 18.8. The maximum absolute atomic E-state index is 12.0. The van der Waals surface area contributed by atoms with Crippen molar-refractivity contribution >= 4 is 17.4 Å². The van der Waals surface area contributed by atoms with Crippen molar-refractivity contribution in [2.75, 3.05) is 6.61 Å². The molecule has 1 aliphatic rings. The van der Waals surface area contributed by atoms with Gasteiger partial charge >= 0.3 is 0 Å². The largest absolute Gasteiger partial charge is 0.484 e. The minimum absolute atomic E-state index is 0.101. The van der Waals surface area contributed by atoms with Crippen LogP contribution < -0.4 is 10.2 Å². The number of benzene rings is 2. The third-order valence-electron chi connectivity index (χ3n) is 4.43. The lowest BCUT2D eigenvalue weighted by Gasteiger charge is -2.28. The minimum atomic E-state index is -0.342. The molecular formula is C22H24N2O3. The van der Waals surface area contributed by atoms with E-state index in [4.69, 9.17) is 4.74 Å². The molecule has 2 aromatic carbocycles. The summed E-state index contributed by atoms with van der Waals surface area (Å²) >= 11 is 0. The Morgan fingerprint density at radius 3 is 2.37 bits per heavy atom. The van der Waals surface area contributed by atoms with Gasteiger partial charge in [-0.3, -0.25) is 9.59 Å². The van der Waals surface area contributed by atoms with Crippen LogP contribution in [0.5, 0.6) is 5.75 Å². The predicted molar refractivity (Wildman–Crippen MR) is 106 cm³/mol. The number of ketones is 1. The highest BCUT2D eigenvalue weighted by atomic mass is 16.5. The first-order chi connectivity index (χ1) is 12.9. The van der Waals surface area contributed by atoms with E-state index in [1.54, 1.807) is 0 Å². The Balaban J connectivity index is 1.50. The zero-order valence-electron chi connectivity index (χ0n) is 15.7. The highest BCUT2D eigenvalue weighted by molar-refractivity contribution is 6.05. The minimum Gasteiger partial charge on any atom is -0.484 e. The number of amides is 1. The van der Waals surface area contributed by atoms with E-state index in [1.807, 2.05) is 68.4 Å². The molecule has 0 saturated heterocycles. The maximum atomic E-state index is 12.0. The molecule has 3 rings (SSSR count). The van der Waals surface area contributed by atoms with Crippen LogP contribution in [0.4, 0.5) is 0 Å². The van der Waals surface area contributed by atoms with Crippen molar-refractivity contribution in [1.82, 2.24) is 5.43 Å². The standard InChI is InChI=1S/C22H24N2O3/c1-22(2)13-18(12-19(25)14-22)23-24-21(26)15-27-20-10-8-17(9-11-20)16-6-4-3-5-7-16/h3-11H,12-15H2,1-2H3,(H,24,26)/b23-18-. The number of Topliss-reactive ketones (excluding diaryl/α,β-unsaturated/α-hetero) is 1. The van der Waals surface area contributed by atoms with Crippen molar-refractivity contribution in [3.05, 3.63) is 54.6 Å². The van der Waals surface area contributed by atoms with Crippen LogP contribution in [-0.4, -0.2) is 24.0 Å². The Labute approximate surface area is 159 Å². The zero-order chi connectivity index (χ0) is 19.3. The van der Waals surface area contributed by atoms with Gasteiger partial charge in [0.2, 0.25) is 0 Å². The van der Waals surface area contributed by atoms with Gasteiger partial charge in [0.25, 0.3) is 5.91 Å². The van der Waals surface area contributed by atoms with E-state index in [2.05, 4.69) is 10.5 Å². The van der Waals surface area contributed by atoms with Crippen LogP contribution >= 0.6 is 0 Å². The summed E-state index contributed by atoms with van der Waals surface area (Å²) in [6.07, 6.45) is 1.58. The van der Waals surface area contributed by atoms with Crippen molar-refractivity contribution in [3.8, 4) is 16.9 Å². The predicted octanol–water partition coefficient (Wildman–Crippen LogP) is 3.98. The fourth-order valence-corrected chi connectivity index (χ4v) is 3.28. The lowest BCUT2D eigenvalue weighted by Crippen LogP contribution is -2.32. The average molecular weight is 364 g/mol. The highest BCUT2D eigenvalue weighted by Gasteiger charge is 2.30. The smallest absolute Gasteiger partial charge is 0.277 e. The fraction of sp³-hybridized carbons (Fsp3) is 0.318. The number of carbonyl (C=O) groups is 2. The molecule has 1 aliphatic carbocycles. The van der Waals surface area contributed by atoms with Gasteiger partial charge in [0, 0.05) is 18.6 Å². The normalized spacial score (nSPS) is 17.6. The summed E-state index contributed by atoms with van der Waals surface area (Å²) in [5, 5.41) is 4.11. The molecule has 1 amide bonds. The van der Waals surface area contributed by atoms with E-state index in [1.165, 1.54) is 0 Å². The second-order valence-corrected chi connectivity index (χ2v) is 7.63. The van der Waals surface area contributed by atoms with Crippen molar-refractivity contribution in [2.45, 2.75) is 33.1 Å². The monoisotopic (exact) mass is 364 g/mol. The van der Waals surface area contributed by atoms with Gasteiger partial charge in [0.15, 0.2) is 6.61 Å². The van der Waals surface area contributed by atoms with Gasteiger partial charge in [-0.25, -0.2) is 5.43 Å². The zero-order valence-corrected chi connectivity index (χ0v) is 15.7. The van der Waals surface area contributed by atoms with Gasteiger partial charge in [-0.05, 0) is 35.1 Å². The SMILES string of the molecule is CC1(C)CC(=O)C/C(=N/NC(=O)COc2ccc(-c3ccccc3)cc2)C1. The summed E-state index contributed by atoms with van der Waals surface area (Å²) in [5.41, 5.74) is 5.32. The summed E-state index contributed by atoms with van der Waals surface area (Å²) in [5.74, 6) is 0.436. The molecule has 5 heteroatoms. The molecule has 0 bridgehead atoms. The number of rotatable bonds is 5. The van der Waals surface area contributed by atoms with Crippen LogP contribution in [-0.2, 0) is 9.59 Å². The molecule has 0 spiro atoms. The van der Waals surface area contributed by atoms with Crippen LogP contribution in [0.15, 0.2) is 59.7 Å². The van der Waals surface area contributed by atoms with Crippen LogP contribution in [0.25, 0.3) is 11.1 Å². The Morgan fingerprint density at radius 2 is 1.70 bits per heavy atom. The number of ether oxygens (including phenoxy) is 1. The van der Waals surface area contributed by atoms with E-state index in [-0.39, 0.29) is 23.7 Å². The topological polar surface area (TPSA) is 67.8 Å². The van der Waals surface area contributed by atoms with Crippen molar-refractivity contribution in [2.24, 2.45) is 10.5 Å². The Kier molecular flexibility index (Phi) is 5.69. The molecule has 5 nitrogen and oxygen atoms in total. The molecule has 1 saturated carbocycles. The fourth-order valence-electron chi connectivity index (χ4n) is 3.28. The maximum Gasteiger partial charge on any atom is 0.277 e. The molecule has 0 heterocycles. The number of carbonyl (C=O) groups excluding carboxylic acids is 2. The molecule has 0 unspecified atom stereocenters. The summed E-state index contributed by atoms with van der Waals surface area (Å²) in [7, 11) is 0. The quantitative estimate of drug-likeness (QED) is 0.816. The van der Waals surface area contributed by atoms with E-state index in [9.17, 15) is 9.59 Å². The Morgan fingerprint density at radius 1 is 1.04 bits per heavy atom. The number of nitrogens with one attached hydrogen (secondary N) is 1. The summed E-state index contributed by atoms with van der Waals surface area (Å²) in [6, 6.07) is 17.6. The molecule has 0 atom stereocenters. The van der Waals surface area contributed by atoms with Crippen molar-refractivity contribution in [1.29, 1.82) is 0 Å². The molecule has 1 N–H and O–H groups in total. The van der Waals surface area contributed by atoms with Gasteiger partial charge in [0.1, 0.15) is 11.5 Å². The molecule has 0 radical (unpaired) electrons.